The van der Waals surface area contributed by atoms with Crippen molar-refractivity contribution in [1.82, 2.24) is 15.5 Å². The average Bonchev–Trinajstić information content (AvgIpc) is 3.63. The highest BCUT2D eigenvalue weighted by atomic mass is 16.2. The van der Waals surface area contributed by atoms with Gasteiger partial charge in [0, 0.05) is 13.1 Å². The van der Waals surface area contributed by atoms with E-state index in [0.717, 1.165) is 44.9 Å². The first kappa shape index (κ1) is 27.0. The normalized spacial score (nSPS) is 20.1. The SMILES string of the molecule is C=CCNC(=O)C(=O)C(CC1CC1)NC(=O)[C@H](CC)N(CC)C(=O)[C@@H](N)C1(C)CCCCC1. The Morgan fingerprint density at radius 3 is 2.30 bits per heavy atom. The second-order valence-corrected chi connectivity index (χ2v) is 9.84. The summed E-state index contributed by atoms with van der Waals surface area (Å²) in [6.45, 7) is 9.79. The van der Waals surface area contributed by atoms with Crippen molar-refractivity contribution in [2.45, 2.75) is 96.7 Å². The summed E-state index contributed by atoms with van der Waals surface area (Å²) in [5.74, 6) is -1.70. The first-order valence-corrected chi connectivity index (χ1v) is 12.5. The van der Waals surface area contributed by atoms with E-state index in [2.05, 4.69) is 24.1 Å². The van der Waals surface area contributed by atoms with Crippen LogP contribution in [0.25, 0.3) is 0 Å². The molecule has 0 aromatic rings. The Kier molecular flexibility index (Phi) is 10.1. The molecule has 2 saturated carbocycles. The number of nitrogens with one attached hydrogen (secondary N) is 2. The highest BCUT2D eigenvalue weighted by molar-refractivity contribution is 6.38. The quantitative estimate of drug-likeness (QED) is 0.286. The zero-order chi connectivity index (χ0) is 24.6. The number of Topliss-reactive ketones (excluding diaryl/α,β-unsaturated/α-hetero) is 1. The van der Waals surface area contributed by atoms with Crippen LogP contribution in [0.2, 0.25) is 0 Å². The predicted octanol–water partition coefficient (Wildman–Crippen LogP) is 2.07. The molecule has 2 aliphatic rings. The lowest BCUT2D eigenvalue weighted by molar-refractivity contribution is -0.145. The zero-order valence-electron chi connectivity index (χ0n) is 20.5. The molecular weight excluding hydrogens is 420 g/mol. The molecule has 0 saturated heterocycles. The van der Waals surface area contributed by atoms with Gasteiger partial charge in [-0.25, -0.2) is 0 Å². The van der Waals surface area contributed by atoms with Crippen molar-refractivity contribution in [3.05, 3.63) is 12.7 Å². The molecule has 186 valence electrons. The van der Waals surface area contributed by atoms with Crippen molar-refractivity contribution >= 4 is 23.5 Å². The molecule has 2 fully saturated rings. The monoisotopic (exact) mass is 462 g/mol. The maximum absolute atomic E-state index is 13.4. The van der Waals surface area contributed by atoms with Gasteiger partial charge < -0.3 is 21.3 Å². The number of carbonyl (C=O) groups excluding carboxylic acids is 4. The standard InChI is InChI=1S/C25H42N4O4/c1-5-15-27-23(32)20(30)18(16-17-11-12-17)28-22(31)19(6-2)29(7-3)24(33)21(26)25(4)13-9-8-10-14-25/h5,17-19,21H,1,6-16,26H2,2-4H3,(H,27,32)(H,28,31)/t18?,19-,21+/m0/s1. The molecule has 3 amide bonds. The lowest BCUT2D eigenvalue weighted by Gasteiger charge is -2.41. The maximum atomic E-state index is 13.4. The summed E-state index contributed by atoms with van der Waals surface area (Å²) in [6.07, 6.45) is 9.35. The van der Waals surface area contributed by atoms with Crippen LogP contribution in [0.1, 0.15) is 78.6 Å². The van der Waals surface area contributed by atoms with E-state index in [4.69, 9.17) is 5.73 Å². The molecule has 0 spiro atoms. The molecule has 8 nitrogen and oxygen atoms in total. The summed E-state index contributed by atoms with van der Waals surface area (Å²) in [4.78, 5) is 53.2. The van der Waals surface area contributed by atoms with E-state index < -0.39 is 35.7 Å². The predicted molar refractivity (Wildman–Crippen MR) is 128 cm³/mol. The molecule has 3 atom stereocenters. The minimum absolute atomic E-state index is 0.182. The van der Waals surface area contributed by atoms with Gasteiger partial charge in [-0.1, -0.05) is 52.0 Å². The molecule has 33 heavy (non-hydrogen) atoms. The fraction of sp³-hybridized carbons (Fsp3) is 0.760. The first-order valence-electron chi connectivity index (χ1n) is 12.5. The molecule has 0 aliphatic heterocycles. The highest BCUT2D eigenvalue weighted by Crippen LogP contribution is 2.39. The Balaban J connectivity index is 2.13. The van der Waals surface area contributed by atoms with E-state index in [0.29, 0.717) is 25.3 Å². The third-order valence-corrected chi connectivity index (χ3v) is 7.23. The van der Waals surface area contributed by atoms with Crippen LogP contribution in [-0.2, 0) is 19.2 Å². The Morgan fingerprint density at radius 2 is 1.79 bits per heavy atom. The van der Waals surface area contributed by atoms with Crippen LogP contribution in [-0.4, -0.2) is 59.6 Å². The van der Waals surface area contributed by atoms with Gasteiger partial charge in [0.05, 0.1) is 12.1 Å². The van der Waals surface area contributed by atoms with E-state index in [-0.39, 0.29) is 17.9 Å². The number of amides is 3. The Bertz CT molecular complexity index is 728. The summed E-state index contributed by atoms with van der Waals surface area (Å²) in [7, 11) is 0. The molecule has 4 N–H and O–H groups in total. The fourth-order valence-corrected chi connectivity index (χ4v) is 4.82. The van der Waals surface area contributed by atoms with Gasteiger partial charge in [-0.3, -0.25) is 19.2 Å². The number of hydrogen-bond acceptors (Lipinski definition) is 5. The van der Waals surface area contributed by atoms with Crippen LogP contribution in [0.15, 0.2) is 12.7 Å². The summed E-state index contributed by atoms with van der Waals surface area (Å²) < 4.78 is 0. The van der Waals surface area contributed by atoms with Gasteiger partial charge in [0.15, 0.2) is 0 Å². The van der Waals surface area contributed by atoms with Gasteiger partial charge >= 0.3 is 0 Å². The van der Waals surface area contributed by atoms with Crippen molar-refractivity contribution in [2.75, 3.05) is 13.1 Å². The van der Waals surface area contributed by atoms with Gasteiger partial charge in [0.1, 0.15) is 6.04 Å². The van der Waals surface area contributed by atoms with Crippen LogP contribution in [0.3, 0.4) is 0 Å². The second-order valence-electron chi connectivity index (χ2n) is 9.84. The Morgan fingerprint density at radius 1 is 1.15 bits per heavy atom. The van der Waals surface area contributed by atoms with Crippen LogP contribution < -0.4 is 16.4 Å². The third-order valence-electron chi connectivity index (χ3n) is 7.23. The number of rotatable bonds is 13. The summed E-state index contributed by atoms with van der Waals surface area (Å²) >= 11 is 0. The van der Waals surface area contributed by atoms with Crippen molar-refractivity contribution in [2.24, 2.45) is 17.1 Å². The molecule has 8 heteroatoms. The van der Waals surface area contributed by atoms with E-state index in [1.54, 1.807) is 0 Å². The number of carbonyl (C=O) groups is 4. The summed E-state index contributed by atoms with van der Waals surface area (Å²) in [6, 6.07) is -2.32. The molecule has 0 aromatic carbocycles. The second kappa shape index (κ2) is 12.3. The molecule has 2 rings (SSSR count). The van der Waals surface area contributed by atoms with Gasteiger partial charge in [0.2, 0.25) is 17.6 Å². The fourth-order valence-electron chi connectivity index (χ4n) is 4.82. The summed E-state index contributed by atoms with van der Waals surface area (Å²) in [5, 5.41) is 5.28. The van der Waals surface area contributed by atoms with Crippen LogP contribution >= 0.6 is 0 Å². The van der Waals surface area contributed by atoms with E-state index in [9.17, 15) is 19.2 Å². The first-order chi connectivity index (χ1) is 15.7. The van der Waals surface area contributed by atoms with E-state index in [1.165, 1.54) is 11.0 Å². The minimum Gasteiger partial charge on any atom is -0.346 e. The van der Waals surface area contributed by atoms with Crippen molar-refractivity contribution in [1.29, 1.82) is 0 Å². The average molecular weight is 463 g/mol. The Labute approximate surface area is 198 Å². The molecule has 0 radical (unpaired) electrons. The van der Waals surface area contributed by atoms with Crippen LogP contribution in [0.5, 0.6) is 0 Å². The number of nitrogens with zero attached hydrogens (tertiary/aromatic N) is 1. The molecule has 2 aliphatic carbocycles. The summed E-state index contributed by atoms with van der Waals surface area (Å²) in [5.41, 5.74) is 6.19. The number of ketones is 1. The third kappa shape index (κ3) is 7.13. The van der Waals surface area contributed by atoms with Gasteiger partial charge in [0.25, 0.3) is 5.91 Å². The van der Waals surface area contributed by atoms with Gasteiger partial charge in [-0.15, -0.1) is 6.58 Å². The maximum Gasteiger partial charge on any atom is 0.289 e. The van der Waals surface area contributed by atoms with Crippen molar-refractivity contribution < 1.29 is 19.2 Å². The molecule has 0 heterocycles. The van der Waals surface area contributed by atoms with Gasteiger partial charge in [-0.2, -0.15) is 0 Å². The minimum atomic E-state index is -0.901. The van der Waals surface area contributed by atoms with Crippen LogP contribution in [0, 0.1) is 11.3 Å². The molecular formula is C25H42N4O4. The molecule has 1 unspecified atom stereocenters. The molecule has 0 bridgehead atoms. The number of nitrogens with two attached hydrogens (primary N) is 1. The van der Waals surface area contributed by atoms with E-state index in [1.807, 2.05) is 13.8 Å². The highest BCUT2D eigenvalue weighted by Gasteiger charge is 2.42. The topological polar surface area (TPSA) is 122 Å². The number of likely N-dealkylation sites (N-methyl/N-ethyl adjacent to an activating group) is 1. The van der Waals surface area contributed by atoms with Crippen molar-refractivity contribution in [3.8, 4) is 0 Å². The Hall–Kier alpha value is -2.22. The molecule has 0 aromatic heterocycles. The lowest BCUT2D eigenvalue weighted by Crippen LogP contribution is -2.59. The number of hydrogen-bond donors (Lipinski definition) is 3. The smallest absolute Gasteiger partial charge is 0.289 e. The van der Waals surface area contributed by atoms with Crippen molar-refractivity contribution in [3.63, 3.8) is 0 Å². The largest absolute Gasteiger partial charge is 0.346 e. The lowest BCUT2D eigenvalue weighted by atomic mass is 9.70. The van der Waals surface area contributed by atoms with Gasteiger partial charge in [-0.05, 0) is 43.9 Å². The van der Waals surface area contributed by atoms with E-state index >= 15 is 0 Å². The zero-order valence-corrected chi connectivity index (χ0v) is 20.5. The van der Waals surface area contributed by atoms with Crippen LogP contribution in [0.4, 0.5) is 0 Å².